The predicted octanol–water partition coefficient (Wildman–Crippen LogP) is 0.794. The van der Waals surface area contributed by atoms with E-state index in [4.69, 9.17) is 5.73 Å². The highest BCUT2D eigenvalue weighted by Crippen LogP contribution is 2.29. The van der Waals surface area contributed by atoms with Gasteiger partial charge in [0.2, 0.25) is 5.95 Å². The minimum Gasteiger partial charge on any atom is -0.338 e. The number of nitrogens with zero attached hydrogens (tertiary/aromatic N) is 3. The molecule has 1 aromatic heterocycles. The molecule has 0 radical (unpaired) electrons. The standard InChI is InChI=1S/C10H16N4/c11-5-1-8-14(9-3-4-9)10-12-6-2-7-13-10/h2,6-7,9H,1,3-5,8,11H2. The number of anilines is 1. The van der Waals surface area contributed by atoms with Gasteiger partial charge in [-0.15, -0.1) is 0 Å². The highest BCUT2D eigenvalue weighted by atomic mass is 15.3. The lowest BCUT2D eigenvalue weighted by molar-refractivity contribution is 0.710. The third-order valence-corrected chi connectivity index (χ3v) is 2.40. The molecular weight excluding hydrogens is 176 g/mol. The lowest BCUT2D eigenvalue weighted by Crippen LogP contribution is -2.29. The van der Waals surface area contributed by atoms with Crippen molar-refractivity contribution in [3.8, 4) is 0 Å². The van der Waals surface area contributed by atoms with Crippen molar-refractivity contribution in [3.63, 3.8) is 0 Å². The number of rotatable bonds is 5. The van der Waals surface area contributed by atoms with Crippen LogP contribution in [0.1, 0.15) is 19.3 Å². The highest BCUT2D eigenvalue weighted by molar-refractivity contribution is 5.32. The normalized spacial score (nSPS) is 15.5. The third kappa shape index (κ3) is 2.20. The summed E-state index contributed by atoms with van der Waals surface area (Å²) in [6.07, 6.45) is 7.13. The zero-order valence-electron chi connectivity index (χ0n) is 8.26. The van der Waals surface area contributed by atoms with Gasteiger partial charge in [0.1, 0.15) is 0 Å². The molecule has 1 aliphatic carbocycles. The van der Waals surface area contributed by atoms with E-state index in [0.29, 0.717) is 6.04 Å². The molecule has 4 nitrogen and oxygen atoms in total. The molecular formula is C10H16N4. The fourth-order valence-corrected chi connectivity index (χ4v) is 1.53. The Morgan fingerprint density at radius 2 is 2.07 bits per heavy atom. The van der Waals surface area contributed by atoms with E-state index in [-0.39, 0.29) is 0 Å². The molecule has 0 atom stereocenters. The van der Waals surface area contributed by atoms with Gasteiger partial charge in [0.05, 0.1) is 0 Å². The van der Waals surface area contributed by atoms with Gasteiger partial charge in [0, 0.05) is 25.0 Å². The van der Waals surface area contributed by atoms with E-state index in [1.807, 2.05) is 6.07 Å². The average Bonchev–Trinajstić information content (AvgIpc) is 3.04. The highest BCUT2D eigenvalue weighted by Gasteiger charge is 2.29. The van der Waals surface area contributed by atoms with Crippen LogP contribution in [0.4, 0.5) is 5.95 Å². The second kappa shape index (κ2) is 4.37. The Morgan fingerprint density at radius 1 is 1.36 bits per heavy atom. The van der Waals surface area contributed by atoms with Gasteiger partial charge in [-0.3, -0.25) is 0 Å². The van der Waals surface area contributed by atoms with Crippen LogP contribution in [0.3, 0.4) is 0 Å². The average molecular weight is 192 g/mol. The van der Waals surface area contributed by atoms with E-state index >= 15 is 0 Å². The van der Waals surface area contributed by atoms with E-state index < -0.39 is 0 Å². The fourth-order valence-electron chi connectivity index (χ4n) is 1.53. The van der Waals surface area contributed by atoms with Crippen LogP contribution in [0, 0.1) is 0 Å². The van der Waals surface area contributed by atoms with E-state index in [9.17, 15) is 0 Å². The molecule has 0 aliphatic heterocycles. The van der Waals surface area contributed by atoms with E-state index in [0.717, 1.165) is 25.5 Å². The van der Waals surface area contributed by atoms with E-state index in [1.54, 1.807) is 12.4 Å². The minimum absolute atomic E-state index is 0.656. The van der Waals surface area contributed by atoms with Crippen molar-refractivity contribution in [2.24, 2.45) is 5.73 Å². The molecule has 1 saturated carbocycles. The Labute approximate surface area is 84.2 Å². The topological polar surface area (TPSA) is 55.0 Å². The molecule has 0 saturated heterocycles. The Kier molecular flexibility index (Phi) is 2.93. The van der Waals surface area contributed by atoms with Crippen molar-refractivity contribution in [3.05, 3.63) is 18.5 Å². The monoisotopic (exact) mass is 192 g/mol. The first-order valence-electron chi connectivity index (χ1n) is 5.15. The largest absolute Gasteiger partial charge is 0.338 e. The van der Waals surface area contributed by atoms with Crippen LogP contribution in [-0.2, 0) is 0 Å². The maximum absolute atomic E-state index is 5.51. The van der Waals surface area contributed by atoms with Crippen molar-refractivity contribution in [1.29, 1.82) is 0 Å². The lowest BCUT2D eigenvalue weighted by Gasteiger charge is -2.21. The maximum Gasteiger partial charge on any atom is 0.225 e. The summed E-state index contributed by atoms with van der Waals surface area (Å²) >= 11 is 0. The van der Waals surface area contributed by atoms with Crippen molar-refractivity contribution in [2.45, 2.75) is 25.3 Å². The third-order valence-electron chi connectivity index (χ3n) is 2.40. The van der Waals surface area contributed by atoms with Crippen LogP contribution in [0.15, 0.2) is 18.5 Å². The van der Waals surface area contributed by atoms with E-state index in [2.05, 4.69) is 14.9 Å². The van der Waals surface area contributed by atoms with Crippen molar-refractivity contribution >= 4 is 5.95 Å². The summed E-state index contributed by atoms with van der Waals surface area (Å²) in [6, 6.07) is 2.50. The predicted molar refractivity (Wildman–Crippen MR) is 56.1 cm³/mol. The maximum atomic E-state index is 5.51. The van der Waals surface area contributed by atoms with Crippen LogP contribution < -0.4 is 10.6 Å². The summed E-state index contributed by atoms with van der Waals surface area (Å²) in [6.45, 7) is 1.71. The van der Waals surface area contributed by atoms with Crippen LogP contribution in [-0.4, -0.2) is 29.1 Å². The molecule has 0 spiro atoms. The molecule has 0 unspecified atom stereocenters. The first kappa shape index (κ1) is 9.40. The molecule has 1 fully saturated rings. The second-order valence-corrected chi connectivity index (χ2v) is 3.62. The summed E-state index contributed by atoms with van der Waals surface area (Å²) in [7, 11) is 0. The SMILES string of the molecule is NCCCN(c1ncccn1)C1CC1. The molecule has 0 bridgehead atoms. The molecule has 76 valence electrons. The molecule has 1 heterocycles. The smallest absolute Gasteiger partial charge is 0.225 e. The molecule has 14 heavy (non-hydrogen) atoms. The van der Waals surface area contributed by atoms with Gasteiger partial charge in [0.15, 0.2) is 0 Å². The van der Waals surface area contributed by atoms with Gasteiger partial charge in [-0.2, -0.15) is 0 Å². The molecule has 2 N–H and O–H groups in total. The second-order valence-electron chi connectivity index (χ2n) is 3.62. The minimum atomic E-state index is 0.656. The molecule has 1 aromatic rings. The molecule has 2 rings (SSSR count). The van der Waals surface area contributed by atoms with Gasteiger partial charge in [-0.05, 0) is 31.9 Å². The quantitative estimate of drug-likeness (QED) is 0.749. The number of aromatic nitrogens is 2. The van der Waals surface area contributed by atoms with Crippen LogP contribution in [0.25, 0.3) is 0 Å². The summed E-state index contributed by atoms with van der Waals surface area (Å²) in [5.41, 5.74) is 5.51. The Hall–Kier alpha value is -1.16. The number of nitrogens with two attached hydrogens (primary N) is 1. The first-order chi connectivity index (χ1) is 6.92. The molecule has 0 aromatic carbocycles. The number of hydrogen-bond acceptors (Lipinski definition) is 4. The number of hydrogen-bond donors (Lipinski definition) is 1. The molecule has 1 aliphatic rings. The van der Waals surface area contributed by atoms with Gasteiger partial charge in [-0.1, -0.05) is 0 Å². The Bertz CT molecular complexity index is 271. The van der Waals surface area contributed by atoms with Gasteiger partial charge < -0.3 is 10.6 Å². The van der Waals surface area contributed by atoms with Crippen LogP contribution in [0.5, 0.6) is 0 Å². The van der Waals surface area contributed by atoms with Gasteiger partial charge >= 0.3 is 0 Å². The summed E-state index contributed by atoms with van der Waals surface area (Å²) in [5, 5.41) is 0. The zero-order valence-corrected chi connectivity index (χ0v) is 8.26. The lowest BCUT2D eigenvalue weighted by atomic mass is 10.4. The molecule has 0 amide bonds. The van der Waals surface area contributed by atoms with E-state index in [1.165, 1.54) is 12.8 Å². The van der Waals surface area contributed by atoms with Crippen LogP contribution in [0.2, 0.25) is 0 Å². The molecule has 4 heteroatoms. The van der Waals surface area contributed by atoms with Crippen molar-refractivity contribution in [1.82, 2.24) is 9.97 Å². The van der Waals surface area contributed by atoms with Gasteiger partial charge in [0.25, 0.3) is 0 Å². The van der Waals surface area contributed by atoms with Crippen molar-refractivity contribution in [2.75, 3.05) is 18.0 Å². The fraction of sp³-hybridized carbons (Fsp3) is 0.600. The summed E-state index contributed by atoms with van der Waals surface area (Å²) in [4.78, 5) is 10.8. The first-order valence-corrected chi connectivity index (χ1v) is 5.15. The summed E-state index contributed by atoms with van der Waals surface area (Å²) < 4.78 is 0. The van der Waals surface area contributed by atoms with Gasteiger partial charge in [-0.25, -0.2) is 9.97 Å². The summed E-state index contributed by atoms with van der Waals surface area (Å²) in [5.74, 6) is 0.850. The van der Waals surface area contributed by atoms with Crippen LogP contribution >= 0.6 is 0 Å². The van der Waals surface area contributed by atoms with Crippen molar-refractivity contribution < 1.29 is 0 Å². The zero-order chi connectivity index (χ0) is 9.80. The Balaban J connectivity index is 2.02. The Morgan fingerprint density at radius 3 is 2.64 bits per heavy atom.